The highest BCUT2D eigenvalue weighted by atomic mass is 79.9. The fraction of sp³-hybridized carbons (Fsp3) is 0.0769. The maximum atomic E-state index is 13.3. The molecule has 0 atom stereocenters. The Labute approximate surface area is 123 Å². The molecule has 2 rings (SSSR count). The minimum atomic E-state index is -0.526. The summed E-state index contributed by atoms with van der Waals surface area (Å²) in [7, 11) is 0. The van der Waals surface area contributed by atoms with E-state index in [-0.39, 0.29) is 5.02 Å². The second kappa shape index (κ2) is 5.91. The lowest BCUT2D eigenvalue weighted by Gasteiger charge is -2.09. The van der Waals surface area contributed by atoms with Crippen LogP contribution in [0.1, 0.15) is 5.56 Å². The molecule has 18 heavy (non-hydrogen) atoms. The predicted molar refractivity (Wildman–Crippen MR) is 75.6 cm³/mol. The van der Waals surface area contributed by atoms with Gasteiger partial charge in [-0.2, -0.15) is 0 Å². The van der Waals surface area contributed by atoms with Crippen molar-refractivity contribution in [2.45, 2.75) is 5.33 Å². The molecule has 0 fully saturated rings. The Morgan fingerprint density at radius 1 is 1.06 bits per heavy atom. The van der Waals surface area contributed by atoms with Crippen molar-refractivity contribution < 1.29 is 9.13 Å². The Morgan fingerprint density at radius 3 is 2.44 bits per heavy atom. The third-order valence-corrected chi connectivity index (χ3v) is 3.52. The van der Waals surface area contributed by atoms with Gasteiger partial charge in [-0.05, 0) is 29.8 Å². The Balaban J connectivity index is 2.25. The summed E-state index contributed by atoms with van der Waals surface area (Å²) < 4.78 is 18.7. The fourth-order valence-electron chi connectivity index (χ4n) is 1.38. The first-order valence-corrected chi connectivity index (χ1v) is 6.95. The number of ether oxygens (including phenoxy) is 1. The van der Waals surface area contributed by atoms with E-state index in [9.17, 15) is 4.39 Å². The van der Waals surface area contributed by atoms with Gasteiger partial charge in [0.2, 0.25) is 0 Å². The number of hydrogen-bond donors (Lipinski definition) is 0. The first kappa shape index (κ1) is 13.7. The SMILES string of the molecule is Fc1cc(Oc2ccc(CBr)cc2Cl)ccc1Cl. The molecule has 0 heterocycles. The van der Waals surface area contributed by atoms with Gasteiger partial charge >= 0.3 is 0 Å². The van der Waals surface area contributed by atoms with Crippen LogP contribution in [0, 0.1) is 5.82 Å². The lowest BCUT2D eigenvalue weighted by molar-refractivity contribution is 0.477. The Bertz CT molecular complexity index is 575. The van der Waals surface area contributed by atoms with Crippen LogP contribution >= 0.6 is 39.1 Å². The molecule has 0 aliphatic rings. The molecule has 0 spiro atoms. The van der Waals surface area contributed by atoms with Gasteiger partial charge in [0, 0.05) is 11.4 Å². The van der Waals surface area contributed by atoms with Crippen LogP contribution in [-0.2, 0) is 5.33 Å². The van der Waals surface area contributed by atoms with E-state index in [1.807, 2.05) is 6.07 Å². The van der Waals surface area contributed by atoms with E-state index in [1.165, 1.54) is 12.1 Å². The molecule has 94 valence electrons. The second-order valence-corrected chi connectivity index (χ2v) is 4.95. The zero-order valence-corrected chi connectivity index (χ0v) is 12.2. The largest absolute Gasteiger partial charge is 0.456 e. The molecule has 2 aromatic carbocycles. The fourth-order valence-corrected chi connectivity index (χ4v) is 2.09. The van der Waals surface area contributed by atoms with Gasteiger partial charge in [-0.3, -0.25) is 0 Å². The van der Waals surface area contributed by atoms with Gasteiger partial charge in [-0.25, -0.2) is 4.39 Å². The molecule has 0 aromatic heterocycles. The minimum Gasteiger partial charge on any atom is -0.456 e. The number of alkyl halides is 1. The molecule has 0 unspecified atom stereocenters. The molecule has 0 aliphatic carbocycles. The van der Waals surface area contributed by atoms with Crippen molar-refractivity contribution in [2.75, 3.05) is 0 Å². The lowest BCUT2D eigenvalue weighted by Crippen LogP contribution is -1.88. The molecule has 2 aromatic rings. The Hall–Kier alpha value is -0.770. The topological polar surface area (TPSA) is 9.23 Å². The van der Waals surface area contributed by atoms with Crippen molar-refractivity contribution >= 4 is 39.1 Å². The maximum Gasteiger partial charge on any atom is 0.146 e. The summed E-state index contributed by atoms with van der Waals surface area (Å²) in [5.41, 5.74) is 1.04. The van der Waals surface area contributed by atoms with Crippen molar-refractivity contribution in [2.24, 2.45) is 0 Å². The second-order valence-electron chi connectivity index (χ2n) is 3.58. The third-order valence-electron chi connectivity index (χ3n) is 2.27. The predicted octanol–water partition coefficient (Wildman–Crippen LogP) is 5.82. The highest BCUT2D eigenvalue weighted by molar-refractivity contribution is 9.08. The quantitative estimate of drug-likeness (QED) is 0.634. The van der Waals surface area contributed by atoms with E-state index in [1.54, 1.807) is 18.2 Å². The average molecular weight is 350 g/mol. The monoisotopic (exact) mass is 348 g/mol. The molecule has 0 N–H and O–H groups in total. The minimum absolute atomic E-state index is 0.0584. The molecule has 0 amide bonds. The van der Waals surface area contributed by atoms with Crippen molar-refractivity contribution in [3.05, 3.63) is 57.8 Å². The van der Waals surface area contributed by atoms with Crippen LogP contribution in [0.25, 0.3) is 0 Å². The number of benzene rings is 2. The van der Waals surface area contributed by atoms with E-state index in [2.05, 4.69) is 15.9 Å². The molecular formula is C13H8BrCl2FO. The van der Waals surface area contributed by atoms with Gasteiger partial charge in [-0.15, -0.1) is 0 Å². The van der Waals surface area contributed by atoms with Gasteiger partial charge in [0.15, 0.2) is 0 Å². The number of halogens is 4. The normalized spacial score (nSPS) is 10.4. The summed E-state index contributed by atoms with van der Waals surface area (Å²) in [6.07, 6.45) is 0. The van der Waals surface area contributed by atoms with Crippen molar-refractivity contribution in [1.82, 2.24) is 0 Å². The van der Waals surface area contributed by atoms with Gasteiger partial charge in [-0.1, -0.05) is 45.2 Å². The molecule has 0 radical (unpaired) electrons. The van der Waals surface area contributed by atoms with Crippen LogP contribution in [0.15, 0.2) is 36.4 Å². The molecule has 0 bridgehead atoms. The van der Waals surface area contributed by atoms with Gasteiger partial charge < -0.3 is 4.74 Å². The van der Waals surface area contributed by atoms with Crippen LogP contribution in [0.3, 0.4) is 0 Å². The first-order chi connectivity index (χ1) is 8.60. The molecule has 0 aliphatic heterocycles. The zero-order valence-electron chi connectivity index (χ0n) is 9.09. The van der Waals surface area contributed by atoms with Crippen molar-refractivity contribution in [3.8, 4) is 11.5 Å². The van der Waals surface area contributed by atoms with Crippen LogP contribution in [-0.4, -0.2) is 0 Å². The average Bonchev–Trinajstić information content (AvgIpc) is 2.36. The van der Waals surface area contributed by atoms with Crippen LogP contribution in [0.2, 0.25) is 10.0 Å². The Morgan fingerprint density at radius 2 is 1.83 bits per heavy atom. The van der Waals surface area contributed by atoms with Gasteiger partial charge in [0.1, 0.15) is 17.3 Å². The van der Waals surface area contributed by atoms with Crippen LogP contribution in [0.4, 0.5) is 4.39 Å². The summed E-state index contributed by atoms with van der Waals surface area (Å²) in [6, 6.07) is 9.65. The zero-order chi connectivity index (χ0) is 13.1. The van der Waals surface area contributed by atoms with E-state index < -0.39 is 5.82 Å². The molecular weight excluding hydrogens is 342 g/mol. The van der Waals surface area contributed by atoms with Crippen molar-refractivity contribution in [1.29, 1.82) is 0 Å². The van der Waals surface area contributed by atoms with E-state index in [4.69, 9.17) is 27.9 Å². The highest BCUT2D eigenvalue weighted by Crippen LogP contribution is 2.31. The summed E-state index contributed by atoms with van der Waals surface area (Å²) in [5.74, 6) is 0.302. The summed E-state index contributed by atoms with van der Waals surface area (Å²) in [6.45, 7) is 0. The number of hydrogen-bond acceptors (Lipinski definition) is 1. The van der Waals surface area contributed by atoms with E-state index in [0.717, 1.165) is 5.56 Å². The maximum absolute atomic E-state index is 13.3. The Kier molecular flexibility index (Phi) is 4.49. The van der Waals surface area contributed by atoms with Gasteiger partial charge in [0.05, 0.1) is 10.0 Å². The van der Waals surface area contributed by atoms with Crippen molar-refractivity contribution in [3.63, 3.8) is 0 Å². The molecule has 0 saturated carbocycles. The summed E-state index contributed by atoms with van der Waals surface area (Å²) >= 11 is 15.0. The summed E-state index contributed by atoms with van der Waals surface area (Å²) in [5, 5.41) is 1.24. The highest BCUT2D eigenvalue weighted by Gasteiger charge is 2.06. The third kappa shape index (κ3) is 3.16. The molecule has 0 saturated heterocycles. The summed E-state index contributed by atoms with van der Waals surface area (Å²) in [4.78, 5) is 0. The number of rotatable bonds is 3. The lowest BCUT2D eigenvalue weighted by atomic mass is 10.2. The van der Waals surface area contributed by atoms with E-state index in [0.29, 0.717) is 21.9 Å². The first-order valence-electron chi connectivity index (χ1n) is 5.07. The van der Waals surface area contributed by atoms with E-state index >= 15 is 0 Å². The molecule has 5 heteroatoms. The molecule has 1 nitrogen and oxygen atoms in total. The van der Waals surface area contributed by atoms with Crippen LogP contribution in [0.5, 0.6) is 11.5 Å². The smallest absolute Gasteiger partial charge is 0.146 e. The van der Waals surface area contributed by atoms with Gasteiger partial charge in [0.25, 0.3) is 0 Å². The van der Waals surface area contributed by atoms with Crippen LogP contribution < -0.4 is 4.74 Å². The standard InChI is InChI=1S/C13H8BrCl2FO/c14-7-8-1-4-13(11(16)5-8)18-9-2-3-10(15)12(17)6-9/h1-6H,7H2.